The van der Waals surface area contributed by atoms with Crippen molar-refractivity contribution in [3.8, 4) is 0 Å². The van der Waals surface area contributed by atoms with Crippen LogP contribution < -0.4 is 0 Å². The van der Waals surface area contributed by atoms with E-state index < -0.39 is 0 Å². The largest absolute Gasteiger partial charge is 0.338 e. The Morgan fingerprint density at radius 1 is 1.12 bits per heavy atom. The van der Waals surface area contributed by atoms with Gasteiger partial charge in [0.25, 0.3) is 5.91 Å². The maximum Gasteiger partial charge on any atom is 0.259 e. The molecule has 2 aliphatic heterocycles. The Kier molecular flexibility index (Phi) is 3.53. The van der Waals surface area contributed by atoms with Crippen LogP contribution in [0.25, 0.3) is 5.65 Å². The maximum atomic E-state index is 13.1. The first-order valence-electron chi connectivity index (χ1n) is 9.05. The summed E-state index contributed by atoms with van der Waals surface area (Å²) in [6.07, 6.45) is 5.16. The number of carbonyl (C=O) groups excluding carboxylic acids is 1. The normalized spacial score (nSPS) is 25.7. The summed E-state index contributed by atoms with van der Waals surface area (Å²) < 4.78 is 1.66. The zero-order valence-corrected chi connectivity index (χ0v) is 14.7. The van der Waals surface area contributed by atoms with E-state index in [2.05, 4.69) is 52.4 Å². The topological polar surface area (TPSA) is 53.7 Å². The van der Waals surface area contributed by atoms with Gasteiger partial charge >= 0.3 is 0 Å². The molecule has 0 saturated carbocycles. The molecule has 2 fully saturated rings. The van der Waals surface area contributed by atoms with Crippen LogP contribution in [0.15, 0.2) is 55.0 Å². The quantitative estimate of drug-likeness (QED) is 0.712. The molecule has 2 aromatic heterocycles. The Labute approximate surface area is 152 Å². The van der Waals surface area contributed by atoms with Crippen LogP contribution in [0.4, 0.5) is 0 Å². The summed E-state index contributed by atoms with van der Waals surface area (Å²) in [6.45, 7) is 2.62. The van der Waals surface area contributed by atoms with Gasteiger partial charge in [-0.15, -0.1) is 0 Å². The highest BCUT2D eigenvalue weighted by molar-refractivity contribution is 5.99. The SMILES string of the molecule is CN1C[C@H]2CN(C(=O)c3cnn4cccnc34)C[C@H]2[C@@H]1c1ccccc1. The first-order chi connectivity index (χ1) is 12.7. The molecule has 0 bridgehead atoms. The van der Waals surface area contributed by atoms with Crippen molar-refractivity contribution in [1.29, 1.82) is 0 Å². The summed E-state index contributed by atoms with van der Waals surface area (Å²) >= 11 is 0. The maximum absolute atomic E-state index is 13.1. The van der Waals surface area contributed by atoms with Gasteiger partial charge in [0.1, 0.15) is 5.56 Å². The van der Waals surface area contributed by atoms with Crippen molar-refractivity contribution in [2.24, 2.45) is 11.8 Å². The minimum atomic E-state index is 0.0440. The van der Waals surface area contributed by atoms with Crippen LogP contribution in [0.1, 0.15) is 22.0 Å². The van der Waals surface area contributed by atoms with Crippen LogP contribution in [0.2, 0.25) is 0 Å². The summed E-state index contributed by atoms with van der Waals surface area (Å²) in [4.78, 5) is 21.8. The fraction of sp³-hybridized carbons (Fsp3) is 0.350. The van der Waals surface area contributed by atoms with Gasteiger partial charge in [0.2, 0.25) is 0 Å². The molecule has 0 radical (unpaired) electrons. The number of rotatable bonds is 2. The number of carbonyl (C=O) groups is 1. The van der Waals surface area contributed by atoms with Gasteiger partial charge in [0.15, 0.2) is 5.65 Å². The summed E-state index contributed by atoms with van der Waals surface area (Å²) in [5.74, 6) is 1.03. The molecule has 3 atom stereocenters. The molecule has 0 aliphatic carbocycles. The lowest BCUT2D eigenvalue weighted by Gasteiger charge is -2.26. The molecule has 0 unspecified atom stereocenters. The van der Waals surface area contributed by atoms with Gasteiger partial charge in [0.05, 0.1) is 6.20 Å². The van der Waals surface area contributed by atoms with E-state index in [0.29, 0.717) is 29.1 Å². The van der Waals surface area contributed by atoms with Crippen LogP contribution in [0.3, 0.4) is 0 Å². The van der Waals surface area contributed by atoms with Crippen LogP contribution >= 0.6 is 0 Å². The predicted molar refractivity (Wildman–Crippen MR) is 97.7 cm³/mol. The Bertz CT molecular complexity index is 953. The Balaban J connectivity index is 1.41. The molecule has 1 amide bonds. The van der Waals surface area contributed by atoms with Crippen LogP contribution in [-0.4, -0.2) is 57.0 Å². The third-order valence-corrected chi connectivity index (χ3v) is 5.83. The fourth-order valence-corrected chi connectivity index (χ4v) is 4.72. The van der Waals surface area contributed by atoms with Gasteiger partial charge in [-0.3, -0.25) is 9.69 Å². The monoisotopic (exact) mass is 347 g/mol. The van der Waals surface area contributed by atoms with Crippen molar-refractivity contribution >= 4 is 11.6 Å². The first kappa shape index (κ1) is 15.5. The van der Waals surface area contributed by atoms with Crippen molar-refractivity contribution in [2.75, 3.05) is 26.7 Å². The molecule has 6 heteroatoms. The van der Waals surface area contributed by atoms with Gasteiger partial charge in [-0.2, -0.15) is 5.10 Å². The summed E-state index contributed by atoms with van der Waals surface area (Å²) in [6, 6.07) is 12.8. The summed E-state index contributed by atoms with van der Waals surface area (Å²) in [7, 11) is 2.19. The van der Waals surface area contributed by atoms with E-state index in [1.54, 1.807) is 16.9 Å². The van der Waals surface area contributed by atoms with E-state index in [-0.39, 0.29) is 5.91 Å². The third kappa shape index (κ3) is 2.33. The lowest BCUT2D eigenvalue weighted by molar-refractivity contribution is 0.0769. The van der Waals surface area contributed by atoms with Crippen LogP contribution in [-0.2, 0) is 0 Å². The number of hydrogen-bond acceptors (Lipinski definition) is 4. The number of aromatic nitrogens is 3. The lowest BCUT2D eigenvalue weighted by atomic mass is 9.90. The molecule has 1 aromatic carbocycles. The Morgan fingerprint density at radius 3 is 2.81 bits per heavy atom. The molecule has 4 heterocycles. The molecular weight excluding hydrogens is 326 g/mol. The number of amides is 1. The molecule has 6 nitrogen and oxygen atoms in total. The van der Waals surface area contributed by atoms with Gasteiger partial charge in [-0.05, 0) is 24.6 Å². The van der Waals surface area contributed by atoms with E-state index in [0.717, 1.165) is 19.6 Å². The minimum Gasteiger partial charge on any atom is -0.338 e. The first-order valence-corrected chi connectivity index (χ1v) is 9.05. The van der Waals surface area contributed by atoms with Crippen molar-refractivity contribution in [1.82, 2.24) is 24.4 Å². The minimum absolute atomic E-state index is 0.0440. The van der Waals surface area contributed by atoms with Crippen molar-refractivity contribution in [2.45, 2.75) is 6.04 Å². The second-order valence-corrected chi connectivity index (χ2v) is 7.38. The standard InChI is InChI=1S/C20H21N5O/c1-23-11-15-12-24(13-17(15)18(23)14-6-3-2-4-7-14)20(26)16-10-22-25-9-5-8-21-19(16)25/h2-10,15,17-18H,11-13H2,1H3/t15-,17+,18-/m0/s1. The van der Waals surface area contributed by atoms with E-state index in [1.165, 1.54) is 5.56 Å². The average molecular weight is 347 g/mol. The summed E-state index contributed by atoms with van der Waals surface area (Å²) in [5.41, 5.74) is 2.57. The highest BCUT2D eigenvalue weighted by Gasteiger charge is 2.47. The third-order valence-electron chi connectivity index (χ3n) is 5.83. The van der Waals surface area contributed by atoms with Gasteiger partial charge in [-0.1, -0.05) is 30.3 Å². The van der Waals surface area contributed by atoms with Crippen molar-refractivity contribution in [3.63, 3.8) is 0 Å². The molecule has 26 heavy (non-hydrogen) atoms. The molecule has 3 aromatic rings. The van der Waals surface area contributed by atoms with Crippen molar-refractivity contribution < 1.29 is 4.79 Å². The number of likely N-dealkylation sites (tertiary alicyclic amines) is 2. The van der Waals surface area contributed by atoms with Gasteiger partial charge in [0, 0.05) is 44.0 Å². The Hall–Kier alpha value is -2.73. The smallest absolute Gasteiger partial charge is 0.259 e. The zero-order valence-electron chi connectivity index (χ0n) is 14.7. The highest BCUT2D eigenvalue weighted by atomic mass is 16.2. The van der Waals surface area contributed by atoms with Crippen molar-refractivity contribution in [3.05, 3.63) is 66.1 Å². The van der Waals surface area contributed by atoms with E-state index in [1.807, 2.05) is 17.2 Å². The molecular formula is C20H21N5O. The molecule has 0 N–H and O–H groups in total. The second-order valence-electron chi connectivity index (χ2n) is 7.38. The predicted octanol–water partition coefficient (Wildman–Crippen LogP) is 2.10. The summed E-state index contributed by atoms with van der Waals surface area (Å²) in [5, 5.41) is 4.26. The molecule has 5 rings (SSSR count). The fourth-order valence-electron chi connectivity index (χ4n) is 4.72. The van der Waals surface area contributed by atoms with E-state index in [4.69, 9.17) is 0 Å². The molecule has 0 spiro atoms. The number of hydrogen-bond donors (Lipinski definition) is 0. The van der Waals surface area contributed by atoms with Gasteiger partial charge in [-0.25, -0.2) is 9.50 Å². The Morgan fingerprint density at radius 2 is 1.96 bits per heavy atom. The molecule has 132 valence electrons. The lowest BCUT2D eigenvalue weighted by Crippen LogP contribution is -2.33. The molecule has 2 saturated heterocycles. The number of benzene rings is 1. The van der Waals surface area contributed by atoms with Gasteiger partial charge < -0.3 is 4.90 Å². The zero-order chi connectivity index (χ0) is 17.7. The second kappa shape index (κ2) is 5.92. The highest BCUT2D eigenvalue weighted by Crippen LogP contribution is 2.44. The van der Waals surface area contributed by atoms with E-state index >= 15 is 0 Å². The molecule has 2 aliphatic rings. The van der Waals surface area contributed by atoms with Crippen LogP contribution in [0.5, 0.6) is 0 Å². The number of nitrogens with zero attached hydrogens (tertiary/aromatic N) is 5. The number of fused-ring (bicyclic) bond motifs is 2. The average Bonchev–Trinajstić information content (AvgIpc) is 3.34. The van der Waals surface area contributed by atoms with E-state index in [9.17, 15) is 4.79 Å². The van der Waals surface area contributed by atoms with Crippen LogP contribution in [0, 0.1) is 11.8 Å².